The summed E-state index contributed by atoms with van der Waals surface area (Å²) in [6.45, 7) is 3.90. The van der Waals surface area contributed by atoms with E-state index < -0.39 is 6.10 Å². The van der Waals surface area contributed by atoms with Gasteiger partial charge in [0.2, 0.25) is 5.91 Å². The fourth-order valence-electron chi connectivity index (χ4n) is 5.62. The molecule has 43 heavy (non-hydrogen) atoms. The number of nitrogens with zero attached hydrogens (tertiary/aromatic N) is 1. The molecule has 0 aliphatic carbocycles. The number of rotatable bonds is 13. The molecule has 2 aliphatic heterocycles. The van der Waals surface area contributed by atoms with Crippen molar-refractivity contribution in [2.45, 2.75) is 64.0 Å². The molecule has 0 bridgehead atoms. The standard InChI is InChI=1S/C34H42N2O7/c1-23(25-12-14-29(39-2)31(19-25)40-3)36(20-24-9-5-4-6-10-24)21-26(37)22-42-28-15-16-30(43-33-11-7-8-18-41-33)34-27(28)13-17-32(38)35-34/h4-6,9-10,12,14-16,19,23,26,33,37H,7-8,11,13,17-18,20-22H2,1-3H3,(H,35,38). The second kappa shape index (κ2) is 14.6. The zero-order valence-electron chi connectivity index (χ0n) is 25.2. The van der Waals surface area contributed by atoms with Gasteiger partial charge in [0.05, 0.1) is 26.5 Å². The van der Waals surface area contributed by atoms with Gasteiger partial charge in [-0.1, -0.05) is 36.4 Å². The Morgan fingerprint density at radius 2 is 1.74 bits per heavy atom. The smallest absolute Gasteiger partial charge is 0.224 e. The van der Waals surface area contributed by atoms with E-state index in [1.807, 2.05) is 48.5 Å². The predicted octanol–water partition coefficient (Wildman–Crippen LogP) is 5.50. The molecule has 1 saturated heterocycles. The maximum Gasteiger partial charge on any atom is 0.224 e. The van der Waals surface area contributed by atoms with E-state index in [9.17, 15) is 9.90 Å². The van der Waals surface area contributed by atoms with E-state index in [4.69, 9.17) is 23.7 Å². The van der Waals surface area contributed by atoms with E-state index in [0.29, 0.717) is 61.2 Å². The molecule has 5 rings (SSSR count). The lowest BCUT2D eigenvalue weighted by atomic mass is 10.0. The lowest BCUT2D eigenvalue weighted by molar-refractivity contribution is -0.116. The normalized spacial score (nSPS) is 17.9. The number of nitrogens with one attached hydrogen (secondary N) is 1. The molecule has 2 heterocycles. The van der Waals surface area contributed by atoms with E-state index in [-0.39, 0.29) is 24.8 Å². The molecule has 0 aromatic heterocycles. The average Bonchev–Trinajstić information content (AvgIpc) is 3.04. The zero-order chi connectivity index (χ0) is 30.2. The van der Waals surface area contributed by atoms with Gasteiger partial charge < -0.3 is 34.1 Å². The van der Waals surface area contributed by atoms with Gasteiger partial charge in [0, 0.05) is 37.5 Å². The summed E-state index contributed by atoms with van der Waals surface area (Å²) in [5.41, 5.74) is 3.69. The first-order chi connectivity index (χ1) is 20.9. The van der Waals surface area contributed by atoms with Gasteiger partial charge in [-0.3, -0.25) is 9.69 Å². The Morgan fingerprint density at radius 1 is 0.977 bits per heavy atom. The minimum atomic E-state index is -0.772. The number of carbonyl (C=O) groups is 1. The highest BCUT2D eigenvalue weighted by Gasteiger charge is 2.26. The van der Waals surface area contributed by atoms with Crippen molar-refractivity contribution in [3.63, 3.8) is 0 Å². The van der Waals surface area contributed by atoms with Crippen molar-refractivity contribution in [1.82, 2.24) is 4.90 Å². The van der Waals surface area contributed by atoms with Gasteiger partial charge >= 0.3 is 0 Å². The van der Waals surface area contributed by atoms with Gasteiger partial charge in [0.25, 0.3) is 0 Å². The molecular formula is C34H42N2O7. The molecule has 0 radical (unpaired) electrons. The first-order valence-corrected chi connectivity index (χ1v) is 15.0. The number of methoxy groups -OCH3 is 2. The zero-order valence-corrected chi connectivity index (χ0v) is 25.2. The molecule has 9 nitrogen and oxygen atoms in total. The van der Waals surface area contributed by atoms with Crippen molar-refractivity contribution in [2.24, 2.45) is 0 Å². The maximum absolute atomic E-state index is 12.3. The van der Waals surface area contributed by atoms with Crippen LogP contribution in [0.3, 0.4) is 0 Å². The number of aliphatic hydroxyl groups is 1. The molecule has 3 aromatic carbocycles. The summed E-state index contributed by atoms with van der Waals surface area (Å²) in [7, 11) is 3.25. The Labute approximate surface area is 253 Å². The molecular weight excluding hydrogens is 548 g/mol. The highest BCUT2D eigenvalue weighted by Crippen LogP contribution is 2.40. The van der Waals surface area contributed by atoms with Crippen LogP contribution in [-0.2, 0) is 22.5 Å². The Morgan fingerprint density at radius 3 is 2.49 bits per heavy atom. The second-order valence-corrected chi connectivity index (χ2v) is 11.0. The van der Waals surface area contributed by atoms with Gasteiger partial charge in [-0.2, -0.15) is 0 Å². The third kappa shape index (κ3) is 7.79. The van der Waals surface area contributed by atoms with E-state index >= 15 is 0 Å². The van der Waals surface area contributed by atoms with E-state index in [1.54, 1.807) is 14.2 Å². The van der Waals surface area contributed by atoms with Crippen LogP contribution >= 0.6 is 0 Å². The number of fused-ring (bicyclic) bond motifs is 1. The predicted molar refractivity (Wildman–Crippen MR) is 164 cm³/mol. The number of carbonyl (C=O) groups excluding carboxylic acids is 1. The molecule has 0 saturated carbocycles. The van der Waals surface area contributed by atoms with Crippen LogP contribution in [0.4, 0.5) is 5.69 Å². The number of ether oxygens (including phenoxy) is 5. The topological polar surface area (TPSA) is 98.7 Å². The van der Waals surface area contributed by atoms with Crippen LogP contribution < -0.4 is 24.3 Å². The number of hydrogen-bond acceptors (Lipinski definition) is 8. The minimum absolute atomic E-state index is 0.0314. The minimum Gasteiger partial charge on any atom is -0.493 e. The first-order valence-electron chi connectivity index (χ1n) is 15.0. The SMILES string of the molecule is COc1ccc(C(C)N(Cc2ccccc2)CC(O)COc2ccc(OC3CCCCO3)c3c2CCC(=O)N3)cc1OC. The van der Waals surface area contributed by atoms with Crippen LogP contribution in [0.15, 0.2) is 60.7 Å². The van der Waals surface area contributed by atoms with Gasteiger partial charge in [-0.15, -0.1) is 0 Å². The molecule has 0 spiro atoms. The molecule has 1 fully saturated rings. The Balaban J connectivity index is 1.30. The van der Waals surface area contributed by atoms with Crippen molar-refractivity contribution in [2.75, 3.05) is 39.3 Å². The maximum atomic E-state index is 12.3. The highest BCUT2D eigenvalue weighted by molar-refractivity contribution is 5.96. The summed E-state index contributed by atoms with van der Waals surface area (Å²) in [4.78, 5) is 14.5. The number of aliphatic hydroxyl groups excluding tert-OH is 1. The molecule has 1 amide bonds. The van der Waals surface area contributed by atoms with Gasteiger partial charge in [-0.25, -0.2) is 0 Å². The van der Waals surface area contributed by atoms with Crippen LogP contribution in [0.5, 0.6) is 23.0 Å². The average molecular weight is 591 g/mol. The summed E-state index contributed by atoms with van der Waals surface area (Å²) in [5, 5.41) is 14.2. The second-order valence-electron chi connectivity index (χ2n) is 11.0. The lowest BCUT2D eigenvalue weighted by Gasteiger charge is -2.32. The molecule has 9 heteroatoms. The van der Waals surface area contributed by atoms with Crippen molar-refractivity contribution in [1.29, 1.82) is 0 Å². The van der Waals surface area contributed by atoms with Crippen molar-refractivity contribution >= 4 is 11.6 Å². The third-order valence-electron chi connectivity index (χ3n) is 8.04. The summed E-state index contributed by atoms with van der Waals surface area (Å²) >= 11 is 0. The molecule has 2 aliphatic rings. The van der Waals surface area contributed by atoms with Gasteiger partial charge in [0.15, 0.2) is 17.8 Å². The number of anilines is 1. The summed E-state index contributed by atoms with van der Waals surface area (Å²) in [5.74, 6) is 2.49. The van der Waals surface area contributed by atoms with Crippen molar-refractivity contribution in [3.05, 3.63) is 77.4 Å². The first kappa shape index (κ1) is 30.7. The Kier molecular flexibility index (Phi) is 10.4. The molecule has 2 N–H and O–H groups in total. The molecule has 3 atom stereocenters. The highest BCUT2D eigenvalue weighted by atomic mass is 16.7. The van der Waals surface area contributed by atoms with Crippen LogP contribution in [-0.4, -0.2) is 62.3 Å². The van der Waals surface area contributed by atoms with Crippen LogP contribution in [0, 0.1) is 0 Å². The summed E-state index contributed by atoms with van der Waals surface area (Å²) in [6, 6.07) is 19.7. The fraction of sp³-hybridized carbons (Fsp3) is 0.441. The fourth-order valence-corrected chi connectivity index (χ4v) is 5.62. The van der Waals surface area contributed by atoms with Gasteiger partial charge in [0.1, 0.15) is 24.2 Å². The Bertz CT molecular complexity index is 1360. The van der Waals surface area contributed by atoms with Crippen LogP contribution in [0.1, 0.15) is 55.3 Å². The number of hydrogen-bond donors (Lipinski definition) is 2. The van der Waals surface area contributed by atoms with E-state index in [0.717, 1.165) is 36.0 Å². The van der Waals surface area contributed by atoms with Gasteiger partial charge in [-0.05, 0) is 61.6 Å². The summed E-state index contributed by atoms with van der Waals surface area (Å²) < 4.78 is 29.0. The van der Waals surface area contributed by atoms with E-state index in [2.05, 4.69) is 29.3 Å². The third-order valence-corrected chi connectivity index (χ3v) is 8.04. The monoisotopic (exact) mass is 590 g/mol. The van der Waals surface area contributed by atoms with Crippen LogP contribution in [0.25, 0.3) is 0 Å². The van der Waals surface area contributed by atoms with Crippen molar-refractivity contribution < 1.29 is 33.6 Å². The lowest BCUT2D eigenvalue weighted by Crippen LogP contribution is -2.37. The molecule has 3 unspecified atom stereocenters. The number of benzene rings is 3. The molecule has 230 valence electrons. The Hall–Kier alpha value is -3.79. The number of amides is 1. The molecule has 3 aromatic rings. The largest absolute Gasteiger partial charge is 0.493 e. The quantitative estimate of drug-likeness (QED) is 0.270. The van der Waals surface area contributed by atoms with Crippen LogP contribution in [0.2, 0.25) is 0 Å². The summed E-state index contributed by atoms with van der Waals surface area (Å²) in [6.07, 6.45) is 2.69. The van der Waals surface area contributed by atoms with E-state index in [1.165, 1.54) is 0 Å². The van der Waals surface area contributed by atoms with Crippen molar-refractivity contribution in [3.8, 4) is 23.0 Å².